The highest BCUT2D eigenvalue weighted by Gasteiger charge is 2.09. The fraction of sp³-hybridized carbons (Fsp3) is 0.130. The van der Waals surface area contributed by atoms with Crippen LogP contribution in [-0.4, -0.2) is 33.4 Å². The second-order valence-corrected chi connectivity index (χ2v) is 7.42. The maximum atomic E-state index is 5.75. The zero-order valence-corrected chi connectivity index (χ0v) is 18.7. The number of aryl methyl sites for hydroxylation is 1. The molecule has 4 aromatic rings. The summed E-state index contributed by atoms with van der Waals surface area (Å²) in [5, 5.41) is 8.00. The molecule has 0 N–H and O–H groups in total. The molecule has 0 aliphatic rings. The standard InChI is InChI=1S/C23H19BrN4O4/c1-16-15-22(31-19-5-3-2-4-6-19)26-23(25-16)32-21-12-11-20(27-28-21)30-14-13-29-18-9-7-17(24)8-10-18/h2-12,15H,13-14H2,1H3. The number of hydrogen-bond acceptors (Lipinski definition) is 8. The van der Waals surface area contributed by atoms with Crippen molar-refractivity contribution in [2.75, 3.05) is 13.2 Å². The van der Waals surface area contributed by atoms with Crippen molar-refractivity contribution in [3.8, 4) is 35.1 Å². The van der Waals surface area contributed by atoms with E-state index < -0.39 is 0 Å². The molecule has 0 saturated carbocycles. The van der Waals surface area contributed by atoms with Crippen LogP contribution in [0.3, 0.4) is 0 Å². The topological polar surface area (TPSA) is 88.5 Å². The van der Waals surface area contributed by atoms with Crippen molar-refractivity contribution in [1.82, 2.24) is 20.2 Å². The molecule has 162 valence electrons. The van der Waals surface area contributed by atoms with Crippen molar-refractivity contribution in [3.05, 3.63) is 83.0 Å². The summed E-state index contributed by atoms with van der Waals surface area (Å²) in [6, 6.07) is 22.0. The Morgan fingerprint density at radius 3 is 2.16 bits per heavy atom. The predicted molar refractivity (Wildman–Crippen MR) is 121 cm³/mol. The summed E-state index contributed by atoms with van der Waals surface area (Å²) < 4.78 is 23.5. The molecule has 0 saturated heterocycles. The molecule has 0 fully saturated rings. The fourth-order valence-electron chi connectivity index (χ4n) is 2.59. The van der Waals surface area contributed by atoms with E-state index in [1.54, 1.807) is 18.2 Å². The average Bonchev–Trinajstić information content (AvgIpc) is 2.79. The first-order valence-corrected chi connectivity index (χ1v) is 10.5. The van der Waals surface area contributed by atoms with Crippen LogP contribution in [0, 0.1) is 6.92 Å². The van der Waals surface area contributed by atoms with Gasteiger partial charge in [0.15, 0.2) is 0 Å². The molecule has 32 heavy (non-hydrogen) atoms. The first-order chi connectivity index (χ1) is 15.6. The summed E-state index contributed by atoms with van der Waals surface area (Å²) in [6.45, 7) is 2.53. The summed E-state index contributed by atoms with van der Waals surface area (Å²) in [6.07, 6.45) is 0. The molecule has 0 amide bonds. The van der Waals surface area contributed by atoms with Crippen molar-refractivity contribution in [2.45, 2.75) is 6.92 Å². The Hall–Kier alpha value is -3.72. The van der Waals surface area contributed by atoms with Crippen molar-refractivity contribution < 1.29 is 18.9 Å². The van der Waals surface area contributed by atoms with E-state index in [-0.39, 0.29) is 11.9 Å². The lowest BCUT2D eigenvalue weighted by Gasteiger charge is -2.09. The Morgan fingerprint density at radius 1 is 0.688 bits per heavy atom. The molecular weight excluding hydrogens is 476 g/mol. The zero-order chi connectivity index (χ0) is 22.2. The molecule has 0 bridgehead atoms. The molecule has 0 atom stereocenters. The number of nitrogens with zero attached hydrogens (tertiary/aromatic N) is 4. The van der Waals surface area contributed by atoms with Crippen LogP contribution in [0.1, 0.15) is 5.69 Å². The monoisotopic (exact) mass is 494 g/mol. The van der Waals surface area contributed by atoms with Crippen molar-refractivity contribution in [3.63, 3.8) is 0 Å². The number of hydrogen-bond donors (Lipinski definition) is 0. The minimum Gasteiger partial charge on any atom is -0.490 e. The molecule has 0 radical (unpaired) electrons. The maximum Gasteiger partial charge on any atom is 0.326 e. The summed E-state index contributed by atoms with van der Waals surface area (Å²) in [7, 11) is 0. The van der Waals surface area contributed by atoms with Crippen molar-refractivity contribution in [1.29, 1.82) is 0 Å². The molecule has 4 rings (SSSR count). The first-order valence-electron chi connectivity index (χ1n) is 9.75. The quantitative estimate of drug-likeness (QED) is 0.286. The lowest BCUT2D eigenvalue weighted by molar-refractivity contribution is 0.210. The van der Waals surface area contributed by atoms with Crippen LogP contribution < -0.4 is 18.9 Å². The number of para-hydroxylation sites is 1. The van der Waals surface area contributed by atoms with E-state index in [9.17, 15) is 0 Å². The Kier molecular flexibility index (Phi) is 7.08. The van der Waals surface area contributed by atoms with Gasteiger partial charge in [-0.3, -0.25) is 0 Å². The van der Waals surface area contributed by atoms with Gasteiger partial charge in [-0.05, 0) is 43.3 Å². The Labute approximate surface area is 193 Å². The zero-order valence-electron chi connectivity index (χ0n) is 17.1. The van der Waals surface area contributed by atoms with Gasteiger partial charge in [0.05, 0.1) is 0 Å². The van der Waals surface area contributed by atoms with E-state index in [0.29, 0.717) is 36.4 Å². The molecule has 0 spiro atoms. The van der Waals surface area contributed by atoms with E-state index in [2.05, 4.69) is 36.1 Å². The fourth-order valence-corrected chi connectivity index (χ4v) is 2.85. The summed E-state index contributed by atoms with van der Waals surface area (Å²) >= 11 is 3.38. The molecule has 0 aliphatic heterocycles. The highest BCUT2D eigenvalue weighted by molar-refractivity contribution is 9.10. The molecule has 8 nitrogen and oxygen atoms in total. The Morgan fingerprint density at radius 2 is 1.41 bits per heavy atom. The van der Waals surface area contributed by atoms with Crippen molar-refractivity contribution >= 4 is 15.9 Å². The smallest absolute Gasteiger partial charge is 0.326 e. The number of ether oxygens (including phenoxy) is 4. The van der Waals surface area contributed by atoms with E-state index in [1.807, 2.05) is 61.5 Å². The van der Waals surface area contributed by atoms with Crippen LogP contribution in [0.2, 0.25) is 0 Å². The lowest BCUT2D eigenvalue weighted by atomic mass is 10.3. The minimum atomic E-state index is 0.113. The van der Waals surface area contributed by atoms with Gasteiger partial charge in [-0.2, -0.15) is 9.97 Å². The largest absolute Gasteiger partial charge is 0.490 e. The first kappa shape index (κ1) is 21.5. The summed E-state index contributed by atoms with van der Waals surface area (Å²) in [4.78, 5) is 8.52. The van der Waals surface area contributed by atoms with E-state index in [4.69, 9.17) is 18.9 Å². The second kappa shape index (κ2) is 10.5. The van der Waals surface area contributed by atoms with Gasteiger partial charge in [-0.25, -0.2) is 0 Å². The lowest BCUT2D eigenvalue weighted by Crippen LogP contribution is -2.10. The third-order valence-corrected chi connectivity index (χ3v) is 4.53. The van der Waals surface area contributed by atoms with Crippen LogP contribution in [-0.2, 0) is 0 Å². The third kappa shape index (κ3) is 6.39. The molecule has 2 aromatic heterocycles. The Balaban J connectivity index is 1.30. The Bertz CT molecular complexity index is 1140. The molecule has 0 unspecified atom stereocenters. The van der Waals surface area contributed by atoms with Crippen LogP contribution in [0.5, 0.6) is 35.1 Å². The highest BCUT2D eigenvalue weighted by atomic mass is 79.9. The van der Waals surface area contributed by atoms with Gasteiger partial charge < -0.3 is 18.9 Å². The van der Waals surface area contributed by atoms with Gasteiger partial charge >= 0.3 is 6.01 Å². The van der Waals surface area contributed by atoms with E-state index in [0.717, 1.165) is 10.2 Å². The molecule has 2 aromatic carbocycles. The second-order valence-electron chi connectivity index (χ2n) is 6.51. The number of aromatic nitrogens is 4. The summed E-state index contributed by atoms with van der Waals surface area (Å²) in [5.74, 6) is 2.40. The highest BCUT2D eigenvalue weighted by Crippen LogP contribution is 2.23. The predicted octanol–water partition coefficient (Wildman–Crippen LogP) is 5.38. The van der Waals surface area contributed by atoms with Crippen LogP contribution >= 0.6 is 15.9 Å². The summed E-state index contributed by atoms with van der Waals surface area (Å²) in [5.41, 5.74) is 0.694. The van der Waals surface area contributed by atoms with Crippen molar-refractivity contribution in [2.24, 2.45) is 0 Å². The van der Waals surface area contributed by atoms with Gasteiger partial charge in [-0.1, -0.05) is 34.1 Å². The minimum absolute atomic E-state index is 0.113. The van der Waals surface area contributed by atoms with Gasteiger partial charge in [0.1, 0.15) is 24.7 Å². The molecule has 2 heterocycles. The number of benzene rings is 2. The maximum absolute atomic E-state index is 5.75. The molecular formula is C23H19BrN4O4. The van der Waals surface area contributed by atoms with E-state index >= 15 is 0 Å². The number of rotatable bonds is 9. The van der Waals surface area contributed by atoms with Crippen LogP contribution in [0.25, 0.3) is 0 Å². The molecule has 9 heteroatoms. The SMILES string of the molecule is Cc1cc(Oc2ccccc2)nc(Oc2ccc(OCCOc3ccc(Br)cc3)nn2)n1. The van der Waals surface area contributed by atoms with Gasteiger partial charge in [0.2, 0.25) is 17.6 Å². The number of halogens is 1. The van der Waals surface area contributed by atoms with E-state index in [1.165, 1.54) is 0 Å². The van der Waals surface area contributed by atoms with Gasteiger partial charge in [0, 0.05) is 28.4 Å². The normalized spacial score (nSPS) is 10.4. The molecule has 0 aliphatic carbocycles. The van der Waals surface area contributed by atoms with Gasteiger partial charge in [-0.15, -0.1) is 10.2 Å². The van der Waals surface area contributed by atoms with Crippen LogP contribution in [0.15, 0.2) is 77.3 Å². The average molecular weight is 495 g/mol. The van der Waals surface area contributed by atoms with Gasteiger partial charge in [0.25, 0.3) is 0 Å². The van der Waals surface area contributed by atoms with Crippen LogP contribution in [0.4, 0.5) is 0 Å². The third-order valence-electron chi connectivity index (χ3n) is 4.00.